The second kappa shape index (κ2) is 16.0. The van der Waals surface area contributed by atoms with E-state index in [0.717, 1.165) is 27.4 Å². The maximum Gasteiger partial charge on any atom is 0.297 e. The standard InChI is InChI=1S/C35H33N7O4/c1-25-22-29(41(20-6-18-36)21-7-19-37)14-11-27(25)23-31-35(45)42(32(39-31)17-10-26-8-4-3-5-9-26)40-34(44)24-33(43)38-28-12-15-30(46-2)16-13-28/h3-5,8-17,22-23H,6-7,20-21,24H2,1-2H3,(H,38,43)(H,40,44)/b17-10+,31-23+. The van der Waals surface area contributed by atoms with E-state index in [9.17, 15) is 14.4 Å². The maximum atomic E-state index is 13.5. The fourth-order valence-electron chi connectivity index (χ4n) is 4.58. The van der Waals surface area contributed by atoms with Gasteiger partial charge in [0.15, 0.2) is 5.84 Å². The van der Waals surface area contributed by atoms with Crippen LogP contribution in [0.5, 0.6) is 5.75 Å². The Morgan fingerprint density at radius 2 is 1.65 bits per heavy atom. The maximum absolute atomic E-state index is 13.5. The average Bonchev–Trinajstić information content (AvgIpc) is 3.34. The van der Waals surface area contributed by atoms with E-state index in [1.54, 1.807) is 42.5 Å². The summed E-state index contributed by atoms with van der Waals surface area (Å²) in [6.07, 6.45) is 5.13. The molecule has 1 heterocycles. The molecule has 0 aromatic heterocycles. The van der Waals surface area contributed by atoms with Crippen molar-refractivity contribution in [3.05, 3.63) is 101 Å². The monoisotopic (exact) mass is 615 g/mol. The number of hydrogen-bond donors (Lipinski definition) is 2. The molecule has 0 saturated carbocycles. The zero-order chi connectivity index (χ0) is 32.9. The topological polar surface area (TPSA) is 151 Å². The number of aliphatic imine (C=N–C) groups is 1. The Kier molecular flexibility index (Phi) is 11.4. The number of amides is 3. The molecule has 3 amide bonds. The van der Waals surface area contributed by atoms with Crippen molar-refractivity contribution in [2.24, 2.45) is 4.99 Å². The lowest BCUT2D eigenvalue weighted by Crippen LogP contribution is -2.47. The number of aryl methyl sites for hydroxylation is 1. The number of nitrogens with one attached hydrogen (secondary N) is 2. The SMILES string of the molecule is COc1ccc(NC(=O)CC(=O)NN2C(=O)/C(=C\c3ccc(N(CCC#N)CCC#N)cc3C)N=C2/C=C/c2ccccc2)cc1. The van der Waals surface area contributed by atoms with Crippen LogP contribution in [-0.2, 0) is 14.4 Å². The highest BCUT2D eigenvalue weighted by Crippen LogP contribution is 2.25. The summed E-state index contributed by atoms with van der Waals surface area (Å²) in [7, 11) is 1.54. The molecule has 0 fully saturated rings. The summed E-state index contributed by atoms with van der Waals surface area (Å²) >= 11 is 0. The molecule has 2 N–H and O–H groups in total. The molecule has 3 aromatic carbocycles. The van der Waals surface area contributed by atoms with Gasteiger partial charge in [0.25, 0.3) is 5.91 Å². The number of nitrogens with zero attached hydrogens (tertiary/aromatic N) is 5. The van der Waals surface area contributed by atoms with E-state index in [4.69, 9.17) is 15.3 Å². The van der Waals surface area contributed by atoms with E-state index in [0.29, 0.717) is 37.4 Å². The average molecular weight is 616 g/mol. The molecular formula is C35H33N7O4. The van der Waals surface area contributed by atoms with Crippen LogP contribution in [-0.4, -0.2) is 48.8 Å². The molecule has 11 heteroatoms. The van der Waals surface area contributed by atoms with Gasteiger partial charge in [0.2, 0.25) is 11.8 Å². The summed E-state index contributed by atoms with van der Waals surface area (Å²) in [5.74, 6) is -1.02. The van der Waals surface area contributed by atoms with Crippen LogP contribution in [0.25, 0.3) is 12.2 Å². The first kappa shape index (κ1) is 32.7. The Balaban J connectivity index is 1.54. The number of hydrazine groups is 1. The van der Waals surface area contributed by atoms with Crippen LogP contribution in [0.3, 0.4) is 0 Å². The van der Waals surface area contributed by atoms with Gasteiger partial charge in [-0.3, -0.25) is 19.8 Å². The highest BCUT2D eigenvalue weighted by Gasteiger charge is 2.31. The van der Waals surface area contributed by atoms with Crippen LogP contribution in [0.2, 0.25) is 0 Å². The Labute approximate surface area is 267 Å². The fourth-order valence-corrected chi connectivity index (χ4v) is 4.58. The smallest absolute Gasteiger partial charge is 0.297 e. The number of nitriles is 2. The van der Waals surface area contributed by atoms with Gasteiger partial charge >= 0.3 is 0 Å². The molecule has 232 valence electrons. The Bertz CT molecular complexity index is 1730. The summed E-state index contributed by atoms with van der Waals surface area (Å²) in [6, 6.07) is 26.0. The van der Waals surface area contributed by atoms with E-state index >= 15 is 0 Å². The molecule has 3 aromatic rings. The van der Waals surface area contributed by atoms with Crippen LogP contribution < -0.4 is 20.4 Å². The van der Waals surface area contributed by atoms with Gasteiger partial charge in [0, 0.05) is 24.5 Å². The molecule has 1 aliphatic rings. The molecule has 0 atom stereocenters. The minimum absolute atomic E-state index is 0.0948. The number of ether oxygens (including phenoxy) is 1. The molecule has 11 nitrogen and oxygen atoms in total. The Hall–Kier alpha value is -6.20. The van der Waals surface area contributed by atoms with Crippen LogP contribution >= 0.6 is 0 Å². The number of amidine groups is 1. The first-order valence-electron chi connectivity index (χ1n) is 14.5. The highest BCUT2D eigenvalue weighted by molar-refractivity contribution is 6.19. The minimum atomic E-state index is -0.697. The van der Waals surface area contributed by atoms with E-state index < -0.39 is 24.1 Å². The number of anilines is 2. The van der Waals surface area contributed by atoms with Crippen LogP contribution in [0.1, 0.15) is 36.0 Å². The molecule has 0 bridgehead atoms. The predicted octanol–water partition coefficient (Wildman–Crippen LogP) is 4.99. The van der Waals surface area contributed by atoms with Crippen LogP contribution in [0.4, 0.5) is 11.4 Å². The van der Waals surface area contributed by atoms with Gasteiger partial charge in [-0.05, 0) is 72.2 Å². The van der Waals surface area contributed by atoms with Crippen molar-refractivity contribution in [2.45, 2.75) is 26.2 Å². The third-order valence-corrected chi connectivity index (χ3v) is 6.94. The van der Waals surface area contributed by atoms with Crippen molar-refractivity contribution in [1.29, 1.82) is 10.5 Å². The van der Waals surface area contributed by atoms with Gasteiger partial charge < -0.3 is 15.0 Å². The van der Waals surface area contributed by atoms with Crippen molar-refractivity contribution in [3.8, 4) is 17.9 Å². The van der Waals surface area contributed by atoms with E-state index in [2.05, 4.69) is 27.9 Å². The fraction of sp³-hybridized carbons (Fsp3) is 0.200. The number of benzene rings is 3. The van der Waals surface area contributed by atoms with Gasteiger partial charge in [-0.2, -0.15) is 15.5 Å². The van der Waals surface area contributed by atoms with Crippen LogP contribution in [0.15, 0.2) is 89.6 Å². The second-order valence-corrected chi connectivity index (χ2v) is 10.2. The number of hydrogen-bond acceptors (Lipinski definition) is 8. The Morgan fingerprint density at radius 1 is 0.957 bits per heavy atom. The van der Waals surface area contributed by atoms with Crippen molar-refractivity contribution < 1.29 is 19.1 Å². The first-order valence-corrected chi connectivity index (χ1v) is 14.5. The quantitative estimate of drug-likeness (QED) is 0.203. The lowest BCUT2D eigenvalue weighted by atomic mass is 10.1. The Morgan fingerprint density at radius 3 is 2.28 bits per heavy atom. The third-order valence-electron chi connectivity index (χ3n) is 6.94. The number of methoxy groups -OCH3 is 1. The van der Waals surface area contributed by atoms with Crippen molar-refractivity contribution >= 4 is 47.1 Å². The first-order chi connectivity index (χ1) is 22.3. The van der Waals surface area contributed by atoms with Crippen molar-refractivity contribution in [3.63, 3.8) is 0 Å². The van der Waals surface area contributed by atoms with Gasteiger partial charge in [0.1, 0.15) is 17.9 Å². The highest BCUT2D eigenvalue weighted by atomic mass is 16.5. The van der Waals surface area contributed by atoms with E-state index in [1.165, 1.54) is 7.11 Å². The molecule has 0 radical (unpaired) electrons. The van der Waals surface area contributed by atoms with Crippen LogP contribution in [0, 0.1) is 29.6 Å². The molecule has 0 aliphatic carbocycles. The minimum Gasteiger partial charge on any atom is -0.497 e. The molecule has 0 spiro atoms. The molecule has 1 aliphatic heterocycles. The molecule has 4 rings (SSSR count). The van der Waals surface area contributed by atoms with Gasteiger partial charge in [-0.1, -0.05) is 42.5 Å². The van der Waals surface area contributed by atoms with Gasteiger partial charge in [-0.15, -0.1) is 0 Å². The molecule has 0 saturated heterocycles. The molecule has 0 unspecified atom stereocenters. The predicted molar refractivity (Wildman–Crippen MR) is 176 cm³/mol. The summed E-state index contributed by atoms with van der Waals surface area (Å²) in [5, 5.41) is 21.8. The summed E-state index contributed by atoms with van der Waals surface area (Å²) in [5.41, 5.74) is 6.42. The zero-order valence-electron chi connectivity index (χ0n) is 25.6. The summed E-state index contributed by atoms with van der Waals surface area (Å²) in [4.78, 5) is 45.5. The zero-order valence-corrected chi connectivity index (χ0v) is 25.6. The summed E-state index contributed by atoms with van der Waals surface area (Å²) < 4.78 is 5.12. The normalized spacial score (nSPS) is 13.2. The summed E-state index contributed by atoms with van der Waals surface area (Å²) in [6.45, 7) is 2.87. The van der Waals surface area contributed by atoms with E-state index in [-0.39, 0.29) is 11.5 Å². The van der Waals surface area contributed by atoms with Gasteiger partial charge in [-0.25, -0.2) is 4.99 Å². The van der Waals surface area contributed by atoms with Gasteiger partial charge in [0.05, 0.1) is 32.1 Å². The molecular weight excluding hydrogens is 582 g/mol. The number of carbonyl (C=O) groups is 3. The third kappa shape index (κ3) is 8.91. The number of carbonyl (C=O) groups excluding carboxylic acids is 3. The molecule has 46 heavy (non-hydrogen) atoms. The lowest BCUT2D eigenvalue weighted by Gasteiger charge is -2.23. The lowest BCUT2D eigenvalue weighted by molar-refractivity contribution is -0.135. The van der Waals surface area contributed by atoms with Crippen molar-refractivity contribution in [1.82, 2.24) is 10.4 Å². The number of rotatable bonds is 13. The largest absolute Gasteiger partial charge is 0.497 e. The second-order valence-electron chi connectivity index (χ2n) is 10.2. The van der Waals surface area contributed by atoms with E-state index in [1.807, 2.05) is 60.4 Å². The van der Waals surface area contributed by atoms with Crippen molar-refractivity contribution in [2.75, 3.05) is 30.4 Å².